The van der Waals surface area contributed by atoms with Gasteiger partial charge in [-0.3, -0.25) is 30.3 Å². The summed E-state index contributed by atoms with van der Waals surface area (Å²) in [7, 11) is -0.803. The summed E-state index contributed by atoms with van der Waals surface area (Å²) in [5.41, 5.74) is 4.40. The minimum absolute atomic E-state index is 0.00601. The standard InChI is InChI=1S/C26H26N2O6S2.C25H23ClN2O6S2.C23H28N2O6S2/c1-4-36(30,31)19-12-10-18(11-13-19)24(34-16-17-8-6-5-7-9-17)25(29)28-26-27-20-14-21(32-2)22(33-3)15-23(20)35-26;1-4-36(30,31)16-11-9-15(10-12-16)23(34-19-8-6-5-7-17(19)26)24(29)28-25-27-18-13-20(32-2)21(33-3)14-22(18)35-25;1-6-33(27,28)16-9-7-15(8-10-16)21(31-13-14(2)3)22(26)25-23-24-17-11-18(29-4)19(30-5)12-20(17)32-23/h5-15,24H,4,16H2,1-3H3,(H,27,28,29);5-14,23H,4H2,1-3H3,(H,27,28,29);7-12,14,21H,6,13H2,1-5H3,(H,24,25,26). The van der Waals surface area contributed by atoms with E-state index in [2.05, 4.69) is 30.9 Å². The zero-order chi connectivity index (χ0) is 75.8. The second kappa shape index (κ2) is 36.0. The molecule has 3 heterocycles. The lowest BCUT2D eigenvalue weighted by Gasteiger charge is -2.19. The van der Waals surface area contributed by atoms with E-state index in [4.69, 9.17) is 54.2 Å². The van der Waals surface area contributed by atoms with E-state index in [1.54, 1.807) is 153 Å². The maximum Gasteiger partial charge on any atom is 0.271 e. The molecule has 0 bridgehead atoms. The lowest BCUT2D eigenvalue weighted by molar-refractivity contribution is -0.129. The van der Waals surface area contributed by atoms with Crippen LogP contribution in [0.15, 0.2) is 178 Å². The molecule has 31 heteroatoms. The number of nitrogens with one attached hydrogen (secondary N) is 3. The highest BCUT2D eigenvalue weighted by atomic mass is 35.5. The summed E-state index contributed by atoms with van der Waals surface area (Å²) in [5, 5.41) is 9.96. The molecule has 0 aliphatic rings. The zero-order valence-electron chi connectivity index (χ0n) is 59.0. The van der Waals surface area contributed by atoms with Crippen LogP contribution in [0.3, 0.4) is 0 Å². The Hall–Kier alpha value is -9.50. The molecule has 8 aromatic carbocycles. The molecule has 3 atom stereocenters. The van der Waals surface area contributed by atoms with E-state index in [1.165, 1.54) is 77.5 Å². The molecule has 0 radical (unpaired) electrons. The van der Waals surface area contributed by atoms with Crippen molar-refractivity contribution in [1.82, 2.24) is 15.0 Å². The monoisotopic (exact) mass is 1560 g/mol. The normalized spacial score (nSPS) is 12.4. The Bertz CT molecular complexity index is 5080. The van der Waals surface area contributed by atoms with Crippen LogP contribution >= 0.6 is 45.6 Å². The molecular weight excluding hydrogens is 1490 g/mol. The molecule has 0 aliphatic heterocycles. The van der Waals surface area contributed by atoms with E-state index in [9.17, 15) is 39.6 Å². The van der Waals surface area contributed by atoms with Crippen molar-refractivity contribution in [3.63, 3.8) is 0 Å². The van der Waals surface area contributed by atoms with Crippen molar-refractivity contribution in [2.24, 2.45) is 5.92 Å². The molecule has 105 heavy (non-hydrogen) atoms. The van der Waals surface area contributed by atoms with Crippen LogP contribution in [0.4, 0.5) is 15.4 Å². The van der Waals surface area contributed by atoms with Crippen molar-refractivity contribution in [3.05, 3.63) is 191 Å². The number of carbonyl (C=O) groups excluding carboxylic acids is 3. The number of halogens is 1. The van der Waals surface area contributed by atoms with Crippen molar-refractivity contribution < 1.29 is 82.3 Å². The Kier molecular flexibility index (Phi) is 27.3. The van der Waals surface area contributed by atoms with Gasteiger partial charge >= 0.3 is 0 Å². The number of hydrogen-bond acceptors (Lipinski definition) is 24. The van der Waals surface area contributed by atoms with E-state index >= 15 is 0 Å². The highest BCUT2D eigenvalue weighted by molar-refractivity contribution is 7.92. The van der Waals surface area contributed by atoms with Crippen molar-refractivity contribution in [2.45, 2.75) is 74.2 Å². The first kappa shape index (κ1) is 79.6. The number of para-hydroxylation sites is 1. The first-order valence-electron chi connectivity index (χ1n) is 32.4. The molecule has 11 rings (SSSR count). The van der Waals surface area contributed by atoms with Crippen molar-refractivity contribution in [3.8, 4) is 40.2 Å². The number of carbonyl (C=O) groups is 3. The molecule has 24 nitrogen and oxygen atoms in total. The number of methoxy groups -OCH3 is 6. The lowest BCUT2D eigenvalue weighted by Crippen LogP contribution is -2.25. The number of thiazole rings is 3. The molecule has 11 aromatic rings. The maximum atomic E-state index is 13.4. The van der Waals surface area contributed by atoms with Gasteiger partial charge in [0.1, 0.15) is 5.75 Å². The van der Waals surface area contributed by atoms with Crippen LogP contribution < -0.4 is 49.1 Å². The summed E-state index contributed by atoms with van der Waals surface area (Å²) >= 11 is 10.1. The summed E-state index contributed by atoms with van der Waals surface area (Å²) in [6.45, 7) is 9.28. The first-order valence-corrected chi connectivity index (χ1v) is 40.2. The third kappa shape index (κ3) is 20.1. The molecule has 554 valence electrons. The van der Waals surface area contributed by atoms with Gasteiger partial charge in [-0.2, -0.15) is 0 Å². The number of nitrogens with zero attached hydrogens (tertiary/aromatic N) is 3. The molecule has 0 saturated carbocycles. The first-order chi connectivity index (χ1) is 50.3. The van der Waals surface area contributed by atoms with E-state index in [0.29, 0.717) is 101 Å². The summed E-state index contributed by atoms with van der Waals surface area (Å²) in [6, 6.07) is 45.3. The van der Waals surface area contributed by atoms with Gasteiger partial charge in [-0.15, -0.1) is 0 Å². The number of rotatable bonds is 29. The van der Waals surface area contributed by atoms with Gasteiger partial charge in [-0.1, -0.05) is 159 Å². The fourth-order valence-electron chi connectivity index (χ4n) is 10.1. The third-order valence-electron chi connectivity index (χ3n) is 15.8. The van der Waals surface area contributed by atoms with Gasteiger partial charge in [-0.05, 0) is 71.1 Å². The number of aromatic nitrogens is 3. The third-order valence-corrected chi connectivity index (χ3v) is 24.2. The van der Waals surface area contributed by atoms with Crippen LogP contribution in [-0.2, 0) is 60.0 Å². The number of sulfone groups is 3. The van der Waals surface area contributed by atoms with Gasteiger partial charge < -0.3 is 42.6 Å². The molecule has 3 unspecified atom stereocenters. The topological polar surface area (TPSA) is 311 Å². The lowest BCUT2D eigenvalue weighted by atomic mass is 10.1. The highest BCUT2D eigenvalue weighted by Crippen LogP contribution is 2.41. The summed E-state index contributed by atoms with van der Waals surface area (Å²) in [6.07, 6.45) is -3.03. The number of amides is 3. The second-order valence-corrected chi connectivity index (χ2v) is 33.5. The van der Waals surface area contributed by atoms with Crippen molar-refractivity contribution >= 4 is 139 Å². The van der Waals surface area contributed by atoms with Crippen LogP contribution in [0.25, 0.3) is 30.6 Å². The van der Waals surface area contributed by atoms with Crippen LogP contribution in [0.5, 0.6) is 40.2 Å². The number of ether oxygens (including phenoxy) is 9. The Morgan fingerprint density at radius 2 is 0.724 bits per heavy atom. The van der Waals surface area contributed by atoms with Gasteiger partial charge in [0, 0.05) is 42.0 Å². The molecule has 3 aromatic heterocycles. The summed E-state index contributed by atoms with van der Waals surface area (Å²) < 4.78 is 125. The summed E-state index contributed by atoms with van der Waals surface area (Å²) in [4.78, 5) is 54.0. The SMILES string of the molecule is CCS(=O)(=O)c1ccc(C(OCC(C)C)C(=O)Nc2nc3cc(OC)c(OC)cc3s2)cc1.CCS(=O)(=O)c1ccc(C(OCc2ccccc2)C(=O)Nc2nc3cc(OC)c(OC)cc3s2)cc1.CCS(=O)(=O)c1ccc(C(Oc2ccccc2Cl)C(=O)Nc2nc3cc(OC)c(OC)cc3s2)cc1. The molecular formula is C74H77ClN6O18S6. The van der Waals surface area contributed by atoms with Gasteiger partial charge in [0.2, 0.25) is 6.10 Å². The predicted octanol–water partition coefficient (Wildman–Crippen LogP) is 15.0. The van der Waals surface area contributed by atoms with Crippen molar-refractivity contribution in [1.29, 1.82) is 0 Å². The van der Waals surface area contributed by atoms with E-state index in [0.717, 1.165) is 19.7 Å². The quantitative estimate of drug-likeness (QED) is 0.0392. The largest absolute Gasteiger partial charge is 0.493 e. The average Bonchev–Trinajstić information content (AvgIpc) is 1.63. The smallest absolute Gasteiger partial charge is 0.271 e. The minimum Gasteiger partial charge on any atom is -0.493 e. The molecule has 0 fully saturated rings. The molecule has 0 saturated heterocycles. The second-order valence-electron chi connectivity index (χ2n) is 23.2. The molecule has 3 N–H and O–H groups in total. The van der Waals surface area contributed by atoms with E-state index in [-0.39, 0.29) is 50.4 Å². The average molecular weight is 1570 g/mol. The van der Waals surface area contributed by atoms with E-state index < -0.39 is 59.6 Å². The Morgan fingerprint density at radius 3 is 1.06 bits per heavy atom. The van der Waals surface area contributed by atoms with Crippen LogP contribution in [0, 0.1) is 5.92 Å². The number of benzene rings is 8. The van der Waals surface area contributed by atoms with Gasteiger partial charge in [0.15, 0.2) is 91.6 Å². The van der Waals surface area contributed by atoms with Gasteiger partial charge in [-0.25, -0.2) is 40.2 Å². The number of anilines is 3. The summed E-state index contributed by atoms with van der Waals surface area (Å²) in [5.74, 6) is 2.49. The van der Waals surface area contributed by atoms with Crippen LogP contribution in [-0.4, -0.2) is 124 Å². The van der Waals surface area contributed by atoms with Crippen molar-refractivity contribution in [2.75, 3.05) is 82.5 Å². The minimum atomic E-state index is -3.39. The fourth-order valence-corrected chi connectivity index (χ4v) is 15.6. The molecule has 3 amide bonds. The van der Waals surface area contributed by atoms with E-state index in [1.807, 2.05) is 44.2 Å². The number of hydrogen-bond donors (Lipinski definition) is 3. The Labute approximate surface area is 625 Å². The van der Waals surface area contributed by atoms with Gasteiger partial charge in [0.05, 0.1) is 123 Å². The highest BCUT2D eigenvalue weighted by Gasteiger charge is 2.29. The fraction of sp³-hybridized carbons (Fsp3) is 0.270. The predicted molar refractivity (Wildman–Crippen MR) is 409 cm³/mol. The Balaban J connectivity index is 0.000000183. The number of fused-ring (bicyclic) bond motifs is 3. The maximum absolute atomic E-state index is 13.4. The molecule has 0 spiro atoms. The van der Waals surface area contributed by atoms with Crippen LogP contribution in [0.2, 0.25) is 5.02 Å². The molecule has 0 aliphatic carbocycles. The zero-order valence-corrected chi connectivity index (χ0v) is 64.6. The van der Waals surface area contributed by atoms with Crippen LogP contribution in [0.1, 0.15) is 75.2 Å². The Morgan fingerprint density at radius 1 is 0.410 bits per heavy atom. The van der Waals surface area contributed by atoms with Gasteiger partial charge in [0.25, 0.3) is 17.7 Å².